The first-order valence-electron chi connectivity index (χ1n) is 7.58. The van der Waals surface area contributed by atoms with Gasteiger partial charge in [-0.1, -0.05) is 43.1 Å². The molecular formula is C17H19ClN2O3S. The largest absolute Gasteiger partial charge is 0.321 e. The quantitative estimate of drug-likeness (QED) is 0.773. The van der Waals surface area contributed by atoms with Gasteiger partial charge in [0.25, 0.3) is 5.91 Å². The van der Waals surface area contributed by atoms with Gasteiger partial charge in [0.05, 0.1) is 22.2 Å². The molecule has 0 fully saturated rings. The molecule has 2 rings (SSSR count). The van der Waals surface area contributed by atoms with Crippen molar-refractivity contribution in [1.29, 1.82) is 0 Å². The van der Waals surface area contributed by atoms with Crippen molar-refractivity contribution in [2.24, 2.45) is 0 Å². The van der Waals surface area contributed by atoms with Gasteiger partial charge in [0.2, 0.25) is 10.0 Å². The molecule has 7 heteroatoms. The number of carbonyl (C=O) groups is 1. The summed E-state index contributed by atoms with van der Waals surface area (Å²) in [5.74, 6) is -0.220. The zero-order chi connectivity index (χ0) is 17.6. The van der Waals surface area contributed by atoms with E-state index in [1.807, 2.05) is 13.0 Å². The van der Waals surface area contributed by atoms with Crippen LogP contribution in [0.4, 0.5) is 11.4 Å². The number of benzene rings is 2. The van der Waals surface area contributed by atoms with E-state index in [-0.39, 0.29) is 16.7 Å². The van der Waals surface area contributed by atoms with Crippen molar-refractivity contribution in [3.05, 3.63) is 59.1 Å². The van der Waals surface area contributed by atoms with Crippen molar-refractivity contribution in [3.63, 3.8) is 0 Å². The van der Waals surface area contributed by atoms with Crippen LogP contribution in [0.15, 0.2) is 48.5 Å². The second-order valence-electron chi connectivity index (χ2n) is 5.29. The van der Waals surface area contributed by atoms with Crippen LogP contribution < -0.4 is 10.0 Å². The molecule has 2 aromatic carbocycles. The van der Waals surface area contributed by atoms with Crippen LogP contribution in [0.25, 0.3) is 0 Å². The van der Waals surface area contributed by atoms with Crippen LogP contribution in [-0.4, -0.2) is 20.1 Å². The summed E-state index contributed by atoms with van der Waals surface area (Å²) < 4.78 is 26.3. The minimum atomic E-state index is -3.39. The molecule has 0 spiro atoms. The minimum absolute atomic E-state index is 0.0631. The van der Waals surface area contributed by atoms with Crippen LogP contribution in [-0.2, 0) is 10.0 Å². The summed E-state index contributed by atoms with van der Waals surface area (Å²) in [6.45, 7) is 1.93. The monoisotopic (exact) mass is 366 g/mol. The fraction of sp³-hybridized carbons (Fsp3) is 0.235. The number of anilines is 2. The highest BCUT2D eigenvalue weighted by molar-refractivity contribution is 7.92. The van der Waals surface area contributed by atoms with Gasteiger partial charge in [0.1, 0.15) is 0 Å². The van der Waals surface area contributed by atoms with E-state index in [4.69, 9.17) is 11.6 Å². The highest BCUT2D eigenvalue weighted by atomic mass is 35.5. The summed E-state index contributed by atoms with van der Waals surface area (Å²) in [6, 6.07) is 13.4. The molecule has 0 aliphatic heterocycles. The smallest absolute Gasteiger partial charge is 0.255 e. The Morgan fingerprint density at radius 1 is 1.12 bits per heavy atom. The van der Waals surface area contributed by atoms with E-state index in [0.717, 1.165) is 6.42 Å². The highest BCUT2D eigenvalue weighted by Crippen LogP contribution is 2.26. The molecule has 24 heavy (non-hydrogen) atoms. The van der Waals surface area contributed by atoms with Gasteiger partial charge < -0.3 is 5.32 Å². The van der Waals surface area contributed by atoms with E-state index in [2.05, 4.69) is 10.0 Å². The molecule has 0 saturated heterocycles. The Labute approximate surface area is 147 Å². The van der Waals surface area contributed by atoms with Gasteiger partial charge in [-0.05, 0) is 36.8 Å². The molecule has 1 amide bonds. The maximum atomic E-state index is 12.1. The molecule has 0 saturated carbocycles. The average Bonchev–Trinajstić information content (AvgIpc) is 2.56. The van der Waals surface area contributed by atoms with Crippen molar-refractivity contribution >= 4 is 38.9 Å². The molecule has 0 aliphatic carbocycles. The first-order valence-corrected chi connectivity index (χ1v) is 9.61. The van der Waals surface area contributed by atoms with Gasteiger partial charge in [-0.25, -0.2) is 8.42 Å². The number of amides is 1. The Kier molecular flexibility index (Phi) is 6.23. The Morgan fingerprint density at radius 3 is 2.46 bits per heavy atom. The predicted molar refractivity (Wildman–Crippen MR) is 98.2 cm³/mol. The number of carbonyl (C=O) groups excluding carboxylic acids is 1. The SMILES string of the molecule is CCCCS(=O)(=O)Nc1ccc(NC(=O)c2ccccc2)c(Cl)c1. The van der Waals surface area contributed by atoms with Crippen LogP contribution in [0, 0.1) is 0 Å². The summed E-state index contributed by atoms with van der Waals surface area (Å²) >= 11 is 6.14. The third-order valence-electron chi connectivity index (χ3n) is 3.29. The standard InChI is InChI=1S/C17H19ClN2O3S/c1-2-3-11-24(22,23)20-14-9-10-16(15(18)12-14)19-17(21)13-7-5-4-6-8-13/h4-10,12,20H,2-3,11H2,1H3,(H,19,21). The lowest BCUT2D eigenvalue weighted by Gasteiger charge is -2.11. The van der Waals surface area contributed by atoms with Gasteiger partial charge in [0, 0.05) is 5.56 Å². The molecule has 0 radical (unpaired) electrons. The van der Waals surface area contributed by atoms with Gasteiger partial charge in [0.15, 0.2) is 0 Å². The van der Waals surface area contributed by atoms with Crippen LogP contribution in [0.5, 0.6) is 0 Å². The van der Waals surface area contributed by atoms with E-state index < -0.39 is 10.0 Å². The van der Waals surface area contributed by atoms with Gasteiger partial charge in [-0.3, -0.25) is 9.52 Å². The number of hydrogen-bond donors (Lipinski definition) is 2. The van der Waals surface area contributed by atoms with E-state index in [1.165, 1.54) is 6.07 Å². The van der Waals surface area contributed by atoms with E-state index in [1.54, 1.807) is 36.4 Å². The molecule has 128 valence electrons. The number of halogens is 1. The van der Waals surface area contributed by atoms with Crippen LogP contribution >= 0.6 is 11.6 Å². The van der Waals surface area contributed by atoms with E-state index >= 15 is 0 Å². The van der Waals surface area contributed by atoms with Crippen LogP contribution in [0.1, 0.15) is 30.1 Å². The summed E-state index contributed by atoms with van der Waals surface area (Å²) in [6.07, 6.45) is 1.39. The summed E-state index contributed by atoms with van der Waals surface area (Å²) in [5, 5.41) is 2.96. The first-order chi connectivity index (χ1) is 11.4. The summed E-state index contributed by atoms with van der Waals surface area (Å²) in [7, 11) is -3.39. The maximum Gasteiger partial charge on any atom is 0.255 e. The molecule has 2 N–H and O–H groups in total. The van der Waals surface area contributed by atoms with Crippen molar-refractivity contribution in [3.8, 4) is 0 Å². The number of rotatable bonds is 7. The second kappa shape index (κ2) is 8.17. The van der Waals surface area contributed by atoms with E-state index in [0.29, 0.717) is 23.4 Å². The molecule has 0 atom stereocenters. The lowest BCUT2D eigenvalue weighted by atomic mass is 10.2. The third-order valence-corrected chi connectivity index (χ3v) is 4.98. The number of sulfonamides is 1. The maximum absolute atomic E-state index is 12.1. The molecule has 0 bridgehead atoms. The number of unbranched alkanes of at least 4 members (excludes halogenated alkanes) is 1. The van der Waals surface area contributed by atoms with Gasteiger partial charge >= 0.3 is 0 Å². The highest BCUT2D eigenvalue weighted by Gasteiger charge is 2.12. The zero-order valence-electron chi connectivity index (χ0n) is 13.3. The lowest BCUT2D eigenvalue weighted by molar-refractivity contribution is 0.102. The molecule has 5 nitrogen and oxygen atoms in total. The van der Waals surface area contributed by atoms with Crippen molar-refractivity contribution < 1.29 is 13.2 Å². The van der Waals surface area contributed by atoms with Crippen molar-refractivity contribution in [2.45, 2.75) is 19.8 Å². The van der Waals surface area contributed by atoms with Gasteiger partial charge in [-0.2, -0.15) is 0 Å². The summed E-state index contributed by atoms with van der Waals surface area (Å²) in [5.41, 5.74) is 1.30. The predicted octanol–water partition coefficient (Wildman–Crippen LogP) is 4.13. The normalized spacial score (nSPS) is 11.1. The molecule has 0 aliphatic rings. The van der Waals surface area contributed by atoms with Crippen LogP contribution in [0.3, 0.4) is 0 Å². The molecule has 0 aromatic heterocycles. The molecule has 0 unspecified atom stereocenters. The molecule has 0 heterocycles. The van der Waals surface area contributed by atoms with Crippen molar-refractivity contribution in [2.75, 3.05) is 15.8 Å². The Hall–Kier alpha value is -2.05. The second-order valence-corrected chi connectivity index (χ2v) is 7.54. The Morgan fingerprint density at radius 2 is 1.83 bits per heavy atom. The fourth-order valence-electron chi connectivity index (χ4n) is 2.03. The average molecular weight is 367 g/mol. The molecule has 2 aromatic rings. The number of hydrogen-bond acceptors (Lipinski definition) is 3. The summed E-state index contributed by atoms with van der Waals surface area (Å²) in [4.78, 5) is 12.1. The topological polar surface area (TPSA) is 75.3 Å². The lowest BCUT2D eigenvalue weighted by Crippen LogP contribution is -2.17. The zero-order valence-corrected chi connectivity index (χ0v) is 14.8. The van der Waals surface area contributed by atoms with E-state index in [9.17, 15) is 13.2 Å². The fourth-order valence-corrected chi connectivity index (χ4v) is 3.51. The number of nitrogens with one attached hydrogen (secondary N) is 2. The minimum Gasteiger partial charge on any atom is -0.321 e. The Balaban J connectivity index is 2.08. The Bertz CT molecular complexity index is 808. The van der Waals surface area contributed by atoms with Gasteiger partial charge in [-0.15, -0.1) is 0 Å². The molecular weight excluding hydrogens is 348 g/mol. The third kappa shape index (κ3) is 5.25. The van der Waals surface area contributed by atoms with Crippen molar-refractivity contribution in [1.82, 2.24) is 0 Å². The first kappa shape index (κ1) is 18.3. The van der Waals surface area contributed by atoms with Crippen LogP contribution in [0.2, 0.25) is 5.02 Å².